The van der Waals surface area contributed by atoms with E-state index in [4.69, 9.17) is 28.9 Å². The zero-order valence-corrected chi connectivity index (χ0v) is 21.1. The molecule has 4 N–H and O–H groups in total. The first kappa shape index (κ1) is 27.8. The van der Waals surface area contributed by atoms with Gasteiger partial charge in [0.2, 0.25) is 11.8 Å². The molecule has 39 heavy (non-hydrogen) atoms. The number of hydrogen-bond donors (Lipinski definition) is 4. The molecule has 0 bridgehead atoms. The molecule has 0 amide bonds. The molecule has 14 heteroatoms. The molecule has 0 fully saturated rings. The fraction of sp³-hybridized carbons (Fsp3) is 0.200. The lowest BCUT2D eigenvalue weighted by molar-refractivity contribution is 0.424. The van der Waals surface area contributed by atoms with Crippen molar-refractivity contribution in [2.75, 3.05) is 0 Å². The number of rotatable bonds is 9. The van der Waals surface area contributed by atoms with E-state index in [-0.39, 0.29) is 5.89 Å². The first-order valence-electron chi connectivity index (χ1n) is 12.3. The molecule has 1 aromatic carbocycles. The monoisotopic (exact) mass is 528 g/mol. The van der Waals surface area contributed by atoms with Crippen LogP contribution in [-0.2, 0) is 6.42 Å². The Kier molecular flexibility index (Phi) is 9.64. The van der Waals surface area contributed by atoms with Crippen LogP contribution >= 0.6 is 0 Å². The highest BCUT2D eigenvalue weighted by Gasteiger charge is 2.15. The minimum absolute atomic E-state index is 0.280. The van der Waals surface area contributed by atoms with E-state index in [1.54, 1.807) is 24.3 Å². The van der Waals surface area contributed by atoms with Gasteiger partial charge in [-0.3, -0.25) is 9.97 Å². The molecule has 0 saturated carbocycles. The maximum absolute atomic E-state index is 9.00. The lowest BCUT2D eigenvalue weighted by Gasteiger charge is -1.98. The van der Waals surface area contributed by atoms with Crippen LogP contribution in [0.3, 0.4) is 0 Å². The van der Waals surface area contributed by atoms with Crippen LogP contribution in [0.4, 0.5) is 0 Å². The number of nitrogens with zero attached hydrogens (tertiary/aromatic N) is 6. The van der Waals surface area contributed by atoms with E-state index in [2.05, 4.69) is 37.3 Å². The molecule has 5 aromatic rings. The molecule has 0 spiro atoms. The number of benzene rings is 1. The summed E-state index contributed by atoms with van der Waals surface area (Å²) in [6.45, 7) is 2.14. The molecule has 5 rings (SSSR count). The second-order valence-electron chi connectivity index (χ2n) is 8.44. The molecule has 0 radical (unpaired) electrons. The average Bonchev–Trinajstić information content (AvgIpc) is 3.65. The quantitative estimate of drug-likeness (QED) is 0.158. The van der Waals surface area contributed by atoms with E-state index in [1.807, 2.05) is 30.3 Å². The minimum Gasteiger partial charge on any atom is -0.423 e. The molecule has 198 valence electrons. The zero-order valence-electron chi connectivity index (χ0n) is 21.1. The van der Waals surface area contributed by atoms with Gasteiger partial charge in [0.25, 0.3) is 11.8 Å². The van der Waals surface area contributed by atoms with Gasteiger partial charge in [0.05, 0.1) is 0 Å². The molecule has 4 aromatic heterocycles. The molecular weight excluding hydrogens is 502 g/mol. The van der Waals surface area contributed by atoms with E-state index in [9.17, 15) is 0 Å². The van der Waals surface area contributed by atoms with Crippen LogP contribution in [0.2, 0.25) is 0 Å². The van der Waals surface area contributed by atoms with Crippen LogP contribution < -0.4 is 10.9 Å². The largest absolute Gasteiger partial charge is 0.490 e. The number of hydrogen-bond acceptors (Lipinski definition) is 12. The number of aryl methyl sites for hydroxylation is 1. The number of pyridine rings is 2. The molecule has 0 aliphatic rings. The third kappa shape index (κ3) is 7.65. The smallest absolute Gasteiger partial charge is 0.423 e. The fourth-order valence-corrected chi connectivity index (χ4v) is 3.38. The third-order valence-corrected chi connectivity index (χ3v) is 5.51. The van der Waals surface area contributed by atoms with Crippen molar-refractivity contribution in [3.63, 3.8) is 0 Å². The number of unbranched alkanes of at least 4 members (excludes halogenated alkanes) is 2. The molecule has 0 aliphatic heterocycles. The van der Waals surface area contributed by atoms with E-state index in [0.717, 1.165) is 31.2 Å². The lowest BCUT2D eigenvalue weighted by atomic mass is 9.82. The van der Waals surface area contributed by atoms with Crippen LogP contribution in [0.25, 0.3) is 34.6 Å². The Hall–Kier alpha value is -4.23. The lowest BCUT2D eigenvalue weighted by Crippen LogP contribution is -2.29. The van der Waals surface area contributed by atoms with Gasteiger partial charge < -0.3 is 28.9 Å². The summed E-state index contributed by atoms with van der Waals surface area (Å²) in [5.41, 5.74) is 2.46. The van der Waals surface area contributed by atoms with Gasteiger partial charge in [0.1, 0.15) is 11.4 Å². The molecular formula is C25H26B2N6O6. The van der Waals surface area contributed by atoms with Crippen LogP contribution in [0, 0.1) is 0 Å². The molecule has 0 aliphatic carbocycles. The summed E-state index contributed by atoms with van der Waals surface area (Å²) in [6.07, 6.45) is 6.81. The summed E-state index contributed by atoms with van der Waals surface area (Å²) in [4.78, 5) is 8.12. The Morgan fingerprint density at radius 1 is 0.641 bits per heavy atom. The van der Waals surface area contributed by atoms with Crippen LogP contribution in [0.15, 0.2) is 75.8 Å². The van der Waals surface area contributed by atoms with Gasteiger partial charge in [-0.2, -0.15) is 0 Å². The average molecular weight is 528 g/mol. The van der Waals surface area contributed by atoms with Gasteiger partial charge >= 0.3 is 14.2 Å². The fourth-order valence-electron chi connectivity index (χ4n) is 3.38. The standard InChI is InChI=1S/C13H10BN3O3.C12H16BN3O3/c18-14(19)10-6-7-11(15-8-10)13-17-16-12(20-13)9-4-2-1-3-5-9;1-2-3-4-5-11-15-16-12(19-11)10-7-6-9(8-14-10)13(17)18/h1-8,18-19H;6-8,17-18H,2-5H2,1H3. The van der Waals surface area contributed by atoms with Gasteiger partial charge in [-0.25, -0.2) is 0 Å². The van der Waals surface area contributed by atoms with Crippen molar-refractivity contribution in [1.29, 1.82) is 0 Å². The third-order valence-electron chi connectivity index (χ3n) is 5.51. The molecule has 0 atom stereocenters. The highest BCUT2D eigenvalue weighted by atomic mass is 16.4. The number of aromatic nitrogens is 6. The Morgan fingerprint density at radius 2 is 1.21 bits per heavy atom. The van der Waals surface area contributed by atoms with Crippen molar-refractivity contribution in [1.82, 2.24) is 30.4 Å². The topological polar surface area (TPSA) is 185 Å². The predicted molar refractivity (Wildman–Crippen MR) is 143 cm³/mol. The maximum Gasteiger partial charge on any atom is 0.490 e. The van der Waals surface area contributed by atoms with E-state index in [0.29, 0.717) is 40.0 Å². The van der Waals surface area contributed by atoms with E-state index in [1.165, 1.54) is 12.4 Å². The normalized spacial score (nSPS) is 10.6. The summed E-state index contributed by atoms with van der Waals surface area (Å²) < 4.78 is 11.1. The van der Waals surface area contributed by atoms with Crippen molar-refractivity contribution in [2.45, 2.75) is 32.6 Å². The van der Waals surface area contributed by atoms with Gasteiger partial charge in [-0.05, 0) is 30.7 Å². The Morgan fingerprint density at radius 3 is 1.74 bits per heavy atom. The Labute approximate surface area is 224 Å². The molecule has 0 unspecified atom stereocenters. The second-order valence-corrected chi connectivity index (χ2v) is 8.44. The maximum atomic E-state index is 9.00. The van der Waals surface area contributed by atoms with Crippen molar-refractivity contribution in [2.24, 2.45) is 0 Å². The zero-order chi connectivity index (χ0) is 27.6. The minimum atomic E-state index is -1.54. The first-order valence-corrected chi connectivity index (χ1v) is 12.3. The summed E-state index contributed by atoms with van der Waals surface area (Å²) in [6, 6.07) is 15.7. The van der Waals surface area contributed by atoms with E-state index < -0.39 is 14.2 Å². The molecule has 12 nitrogen and oxygen atoms in total. The highest BCUT2D eigenvalue weighted by Crippen LogP contribution is 2.21. The van der Waals surface area contributed by atoms with Gasteiger partial charge in [0, 0.05) is 35.3 Å². The van der Waals surface area contributed by atoms with Crippen molar-refractivity contribution < 1.29 is 28.9 Å². The molecule has 4 heterocycles. The summed E-state index contributed by atoms with van der Waals surface area (Å²) >= 11 is 0. The summed E-state index contributed by atoms with van der Waals surface area (Å²) in [5, 5.41) is 51.8. The van der Waals surface area contributed by atoms with Crippen molar-refractivity contribution >= 4 is 25.2 Å². The Bertz CT molecular complexity index is 1430. The molecule has 0 saturated heterocycles. The van der Waals surface area contributed by atoms with Crippen molar-refractivity contribution in [3.8, 4) is 34.6 Å². The predicted octanol–water partition coefficient (Wildman–Crippen LogP) is 1.02. The van der Waals surface area contributed by atoms with Crippen LogP contribution in [-0.4, -0.2) is 64.7 Å². The highest BCUT2D eigenvalue weighted by molar-refractivity contribution is 6.58. The van der Waals surface area contributed by atoms with Crippen molar-refractivity contribution in [3.05, 3.63) is 72.9 Å². The Balaban J connectivity index is 0.000000181. The first-order chi connectivity index (χ1) is 18.9. The summed E-state index contributed by atoms with van der Waals surface area (Å²) in [5.74, 6) is 1.65. The van der Waals surface area contributed by atoms with E-state index >= 15 is 0 Å². The summed E-state index contributed by atoms with van der Waals surface area (Å²) in [7, 11) is -3.06. The van der Waals surface area contributed by atoms with Gasteiger partial charge in [0.15, 0.2) is 0 Å². The SMILES string of the molecule is CCCCCc1nnc(-c2ccc(B(O)O)cn2)o1.OB(O)c1ccc(-c2nnc(-c3ccccc3)o2)nc1. The van der Waals surface area contributed by atoms with Crippen LogP contribution in [0.1, 0.15) is 32.1 Å². The van der Waals surface area contributed by atoms with Crippen LogP contribution in [0.5, 0.6) is 0 Å². The van der Waals surface area contributed by atoms with Gasteiger partial charge in [-0.1, -0.05) is 50.1 Å². The second kappa shape index (κ2) is 13.5. The van der Waals surface area contributed by atoms with Gasteiger partial charge in [-0.15, -0.1) is 20.4 Å².